The first kappa shape index (κ1) is 27.2. The zero-order valence-electron chi connectivity index (χ0n) is 23.4. The molecule has 0 spiro atoms. The zero-order chi connectivity index (χ0) is 29.6. The number of benzene rings is 4. The van der Waals surface area contributed by atoms with Gasteiger partial charge in [0, 0.05) is 36.9 Å². The monoisotopic (exact) mass is 581 g/mol. The van der Waals surface area contributed by atoms with Gasteiger partial charge in [0.15, 0.2) is 0 Å². The van der Waals surface area contributed by atoms with Crippen LogP contribution in [-0.4, -0.2) is 33.4 Å². The van der Waals surface area contributed by atoms with E-state index in [4.69, 9.17) is 4.99 Å². The number of amidine groups is 1. The molecule has 3 heterocycles. The number of alkyl halides is 3. The van der Waals surface area contributed by atoms with Crippen LogP contribution in [0.15, 0.2) is 107 Å². The Labute approximate surface area is 246 Å². The maximum absolute atomic E-state index is 13.4. The van der Waals surface area contributed by atoms with E-state index in [0.29, 0.717) is 17.1 Å². The Morgan fingerprint density at radius 2 is 1.58 bits per heavy atom. The van der Waals surface area contributed by atoms with E-state index >= 15 is 0 Å². The molecule has 0 bridgehead atoms. The molecule has 0 aliphatic carbocycles. The van der Waals surface area contributed by atoms with Crippen LogP contribution < -0.4 is 10.6 Å². The SMILES string of the molecule is O=c1[nH]c2ccccc2n1C1CCN(Cc2ccc(C3=Nc4ccc(C(F)(F)F)cc4CN3c3ccccc3)cc2)CC1. The topological polar surface area (TPSA) is 56.6 Å². The number of H-pyrrole nitrogens is 1. The van der Waals surface area contributed by atoms with E-state index in [1.807, 2.05) is 76.2 Å². The Morgan fingerprint density at radius 3 is 2.33 bits per heavy atom. The van der Waals surface area contributed by atoms with Crippen LogP contribution in [0.2, 0.25) is 0 Å². The maximum atomic E-state index is 13.4. The van der Waals surface area contributed by atoms with E-state index in [2.05, 4.69) is 22.0 Å². The van der Waals surface area contributed by atoms with E-state index in [1.54, 1.807) is 0 Å². The summed E-state index contributed by atoms with van der Waals surface area (Å²) in [6.45, 7) is 2.87. The van der Waals surface area contributed by atoms with Crippen LogP contribution in [-0.2, 0) is 19.3 Å². The number of aliphatic imine (C=N–C) groups is 1. The molecule has 0 atom stereocenters. The van der Waals surface area contributed by atoms with Crippen LogP contribution in [0, 0.1) is 0 Å². The molecule has 43 heavy (non-hydrogen) atoms. The molecule has 0 radical (unpaired) electrons. The summed E-state index contributed by atoms with van der Waals surface area (Å²) in [6.07, 6.45) is -2.60. The molecule has 2 aliphatic rings. The molecule has 2 aliphatic heterocycles. The predicted octanol–water partition coefficient (Wildman–Crippen LogP) is 7.28. The number of rotatable bonds is 5. The van der Waals surface area contributed by atoms with Crippen molar-refractivity contribution in [1.82, 2.24) is 14.5 Å². The lowest BCUT2D eigenvalue weighted by molar-refractivity contribution is -0.137. The first-order chi connectivity index (χ1) is 20.8. The van der Waals surface area contributed by atoms with Crippen molar-refractivity contribution in [3.8, 4) is 0 Å². The van der Waals surface area contributed by atoms with Crippen molar-refractivity contribution in [2.45, 2.75) is 38.1 Å². The molecule has 1 aromatic heterocycles. The van der Waals surface area contributed by atoms with Gasteiger partial charge in [-0.05, 0) is 66.4 Å². The molecule has 1 fully saturated rings. The minimum atomic E-state index is -4.41. The molecule has 0 saturated carbocycles. The second-order valence-corrected chi connectivity index (χ2v) is 11.2. The van der Waals surface area contributed by atoms with Crippen molar-refractivity contribution >= 4 is 28.2 Å². The highest BCUT2D eigenvalue weighted by Gasteiger charge is 2.32. The molecule has 6 nitrogen and oxygen atoms in total. The smallest absolute Gasteiger partial charge is 0.321 e. The van der Waals surface area contributed by atoms with Gasteiger partial charge in [0.05, 0.1) is 28.8 Å². The van der Waals surface area contributed by atoms with Crippen LogP contribution in [0.25, 0.3) is 11.0 Å². The third kappa shape index (κ3) is 5.36. The Kier molecular flexibility index (Phi) is 6.89. The van der Waals surface area contributed by atoms with Gasteiger partial charge >= 0.3 is 11.9 Å². The van der Waals surface area contributed by atoms with E-state index in [-0.39, 0.29) is 18.3 Å². The van der Waals surface area contributed by atoms with Crippen molar-refractivity contribution in [3.63, 3.8) is 0 Å². The van der Waals surface area contributed by atoms with Gasteiger partial charge in [-0.15, -0.1) is 0 Å². The first-order valence-corrected chi connectivity index (χ1v) is 14.5. The lowest BCUT2D eigenvalue weighted by atomic mass is 10.0. The quantitative estimate of drug-likeness (QED) is 0.237. The highest BCUT2D eigenvalue weighted by Crippen LogP contribution is 2.37. The van der Waals surface area contributed by atoms with Crippen LogP contribution in [0.5, 0.6) is 0 Å². The van der Waals surface area contributed by atoms with Crippen LogP contribution >= 0.6 is 0 Å². The summed E-state index contributed by atoms with van der Waals surface area (Å²) in [5.74, 6) is 0.704. The van der Waals surface area contributed by atoms with Gasteiger partial charge in [-0.1, -0.05) is 54.6 Å². The number of hydrogen-bond donors (Lipinski definition) is 1. The number of aromatic nitrogens is 2. The van der Waals surface area contributed by atoms with Crippen LogP contribution in [0.3, 0.4) is 0 Å². The van der Waals surface area contributed by atoms with Gasteiger partial charge in [0.1, 0.15) is 5.84 Å². The first-order valence-electron chi connectivity index (χ1n) is 14.5. The average Bonchev–Trinajstić information content (AvgIpc) is 3.36. The van der Waals surface area contributed by atoms with Crippen molar-refractivity contribution < 1.29 is 13.2 Å². The van der Waals surface area contributed by atoms with Gasteiger partial charge in [-0.25, -0.2) is 9.79 Å². The number of fused-ring (bicyclic) bond motifs is 2. The predicted molar refractivity (Wildman–Crippen MR) is 163 cm³/mol. The molecule has 7 rings (SSSR count). The Hall–Kier alpha value is -4.63. The number of nitrogens with one attached hydrogen (secondary N) is 1. The Balaban J connectivity index is 1.09. The van der Waals surface area contributed by atoms with Gasteiger partial charge < -0.3 is 9.88 Å². The summed E-state index contributed by atoms with van der Waals surface area (Å²) in [7, 11) is 0. The third-order valence-corrected chi connectivity index (χ3v) is 8.45. The normalized spacial score (nSPS) is 16.3. The highest BCUT2D eigenvalue weighted by atomic mass is 19.4. The lowest BCUT2D eigenvalue weighted by Gasteiger charge is -2.33. The fourth-order valence-electron chi connectivity index (χ4n) is 6.25. The lowest BCUT2D eigenvalue weighted by Crippen LogP contribution is -2.36. The van der Waals surface area contributed by atoms with E-state index in [1.165, 1.54) is 17.7 Å². The minimum Gasteiger partial charge on any atom is -0.321 e. The number of likely N-dealkylation sites (tertiary alicyclic amines) is 1. The van der Waals surface area contributed by atoms with Crippen LogP contribution in [0.4, 0.5) is 24.5 Å². The van der Waals surface area contributed by atoms with Crippen molar-refractivity contribution in [2.24, 2.45) is 4.99 Å². The van der Waals surface area contributed by atoms with E-state index in [0.717, 1.165) is 60.8 Å². The maximum Gasteiger partial charge on any atom is 0.416 e. The Morgan fingerprint density at radius 1 is 0.860 bits per heavy atom. The second kappa shape index (κ2) is 10.9. The number of piperidine rings is 1. The average molecular weight is 582 g/mol. The largest absolute Gasteiger partial charge is 0.416 e. The third-order valence-electron chi connectivity index (χ3n) is 8.45. The molecule has 218 valence electrons. The summed E-state index contributed by atoms with van der Waals surface area (Å²) >= 11 is 0. The summed E-state index contributed by atoms with van der Waals surface area (Å²) in [6, 6.07) is 29.7. The number of nitrogens with zero attached hydrogens (tertiary/aromatic N) is 4. The summed E-state index contributed by atoms with van der Waals surface area (Å²) < 4.78 is 42.2. The van der Waals surface area contributed by atoms with Gasteiger partial charge in [0.2, 0.25) is 0 Å². The molecule has 0 amide bonds. The number of aromatic amines is 1. The molecule has 5 aromatic rings. The number of anilines is 1. The molecular weight excluding hydrogens is 551 g/mol. The standard InChI is InChI=1S/C34H30F3N5O/c35-34(36,37)26-14-15-29-25(20-26)22-41(27-6-2-1-3-7-27)32(38-29)24-12-10-23(11-13-24)21-40-18-16-28(17-19-40)42-31-9-5-4-8-30(31)39-33(42)43/h1-15,20,28H,16-19,21-22H2,(H,39,43). The number of para-hydroxylation sites is 3. The van der Waals surface area contributed by atoms with Gasteiger partial charge in [-0.2, -0.15) is 13.2 Å². The number of imidazole rings is 1. The molecule has 9 heteroatoms. The molecule has 1 N–H and O–H groups in total. The van der Waals surface area contributed by atoms with E-state index < -0.39 is 11.7 Å². The fraction of sp³-hybridized carbons (Fsp3) is 0.235. The Bertz CT molecular complexity index is 1850. The van der Waals surface area contributed by atoms with Crippen LogP contribution in [0.1, 0.15) is 41.1 Å². The number of halogens is 3. The van der Waals surface area contributed by atoms with Crippen molar-refractivity contribution in [1.29, 1.82) is 0 Å². The minimum absolute atomic E-state index is 0.0474. The summed E-state index contributed by atoms with van der Waals surface area (Å²) in [5, 5.41) is 0. The molecular formula is C34H30F3N5O. The van der Waals surface area contributed by atoms with E-state index in [9.17, 15) is 18.0 Å². The zero-order valence-corrected chi connectivity index (χ0v) is 23.4. The second-order valence-electron chi connectivity index (χ2n) is 11.2. The van der Waals surface area contributed by atoms with Crippen molar-refractivity contribution in [2.75, 3.05) is 18.0 Å². The highest BCUT2D eigenvalue weighted by molar-refractivity contribution is 6.12. The molecule has 4 aromatic carbocycles. The van der Waals surface area contributed by atoms with Gasteiger partial charge in [0.25, 0.3) is 0 Å². The summed E-state index contributed by atoms with van der Waals surface area (Å²) in [5.41, 5.74) is 5.14. The van der Waals surface area contributed by atoms with Crippen molar-refractivity contribution in [3.05, 3.63) is 130 Å². The molecule has 0 unspecified atom stereocenters. The summed E-state index contributed by atoms with van der Waals surface area (Å²) in [4.78, 5) is 24.8. The molecule has 1 saturated heterocycles. The fourth-order valence-corrected chi connectivity index (χ4v) is 6.25. The van der Waals surface area contributed by atoms with Gasteiger partial charge in [-0.3, -0.25) is 9.47 Å². The number of hydrogen-bond acceptors (Lipinski definition) is 4.